The summed E-state index contributed by atoms with van der Waals surface area (Å²) in [5.74, 6) is -0.0944. The smallest absolute Gasteiger partial charge is 0.337 e. The molecule has 0 N–H and O–H groups in total. The number of methoxy groups -OCH3 is 1. The zero-order chi connectivity index (χ0) is 12.8. The Hall–Kier alpha value is -1.49. The van der Waals surface area contributed by atoms with E-state index in [0.29, 0.717) is 22.6 Å². The Morgan fingerprint density at radius 3 is 2.29 bits per heavy atom. The van der Waals surface area contributed by atoms with Crippen LogP contribution in [0.3, 0.4) is 0 Å². The number of ether oxygens (including phenoxy) is 1. The van der Waals surface area contributed by atoms with Gasteiger partial charge >= 0.3 is 5.97 Å². The molecule has 17 heavy (non-hydrogen) atoms. The highest BCUT2D eigenvalue weighted by molar-refractivity contribution is 7.85. The Kier molecular flexibility index (Phi) is 5.03. The minimum Gasteiger partial charge on any atom is -0.465 e. The number of Topliss-reactive ketones (excluding diaryl/α,β-unsaturated/α-hetero) is 1. The first-order chi connectivity index (χ1) is 8.04. The van der Waals surface area contributed by atoms with Crippen LogP contribution < -0.4 is 0 Å². The molecular weight excluding hydrogens is 240 g/mol. The fraction of sp³-hybridized carbons (Fsp3) is 0.333. The molecule has 0 saturated heterocycles. The molecule has 92 valence electrons. The van der Waals surface area contributed by atoms with E-state index in [1.807, 2.05) is 0 Å². The largest absolute Gasteiger partial charge is 0.465 e. The van der Waals surface area contributed by atoms with Crippen LogP contribution in [0.25, 0.3) is 0 Å². The van der Waals surface area contributed by atoms with Gasteiger partial charge in [0.15, 0.2) is 0 Å². The summed E-state index contributed by atoms with van der Waals surface area (Å²) in [6.07, 6.45) is 0.297. The maximum atomic E-state index is 11.7. The van der Waals surface area contributed by atoms with E-state index in [1.54, 1.807) is 24.3 Å². The fourth-order valence-corrected chi connectivity index (χ4v) is 2.36. The SMILES string of the molecule is COC(=O)c1ccc(S(=O)CCC(C)=O)cc1. The molecule has 4 nitrogen and oxygen atoms in total. The van der Waals surface area contributed by atoms with Gasteiger partial charge in [-0.2, -0.15) is 0 Å². The zero-order valence-electron chi connectivity index (χ0n) is 9.76. The predicted molar refractivity (Wildman–Crippen MR) is 64.4 cm³/mol. The van der Waals surface area contributed by atoms with Gasteiger partial charge in [0.2, 0.25) is 0 Å². The van der Waals surface area contributed by atoms with Gasteiger partial charge in [0.1, 0.15) is 5.78 Å². The second-order valence-electron chi connectivity index (χ2n) is 3.52. The van der Waals surface area contributed by atoms with Crippen LogP contribution in [-0.2, 0) is 20.3 Å². The van der Waals surface area contributed by atoms with E-state index in [2.05, 4.69) is 4.74 Å². The maximum absolute atomic E-state index is 11.7. The lowest BCUT2D eigenvalue weighted by Crippen LogP contribution is -2.04. The van der Waals surface area contributed by atoms with Gasteiger partial charge in [-0.15, -0.1) is 0 Å². The van der Waals surface area contributed by atoms with Crippen LogP contribution in [0.5, 0.6) is 0 Å². The Bertz CT molecular complexity index is 436. The van der Waals surface area contributed by atoms with Gasteiger partial charge in [0.05, 0.1) is 23.5 Å². The Morgan fingerprint density at radius 1 is 1.24 bits per heavy atom. The highest BCUT2D eigenvalue weighted by Crippen LogP contribution is 2.10. The minimum absolute atomic E-state index is 0.0181. The summed E-state index contributed by atoms with van der Waals surface area (Å²) in [6, 6.07) is 6.35. The second-order valence-corrected chi connectivity index (χ2v) is 5.09. The molecule has 0 aromatic heterocycles. The Morgan fingerprint density at radius 2 is 1.82 bits per heavy atom. The van der Waals surface area contributed by atoms with Gasteiger partial charge in [-0.25, -0.2) is 4.79 Å². The minimum atomic E-state index is -1.20. The lowest BCUT2D eigenvalue weighted by molar-refractivity contribution is -0.116. The molecule has 0 spiro atoms. The molecule has 0 aliphatic rings. The molecule has 0 aliphatic heterocycles. The molecule has 1 aromatic carbocycles. The highest BCUT2D eigenvalue weighted by atomic mass is 32.2. The third-order valence-corrected chi connectivity index (χ3v) is 3.55. The van der Waals surface area contributed by atoms with Crippen LogP contribution in [0.15, 0.2) is 29.2 Å². The van der Waals surface area contributed by atoms with Crippen molar-refractivity contribution in [2.24, 2.45) is 0 Å². The summed E-state index contributed by atoms with van der Waals surface area (Å²) in [5.41, 5.74) is 0.416. The first-order valence-corrected chi connectivity index (χ1v) is 6.42. The van der Waals surface area contributed by atoms with Crippen LogP contribution in [0.2, 0.25) is 0 Å². The number of esters is 1. The summed E-state index contributed by atoms with van der Waals surface area (Å²) in [5, 5.41) is 0. The van der Waals surface area contributed by atoms with Gasteiger partial charge < -0.3 is 4.74 Å². The van der Waals surface area contributed by atoms with Crippen molar-refractivity contribution in [2.75, 3.05) is 12.9 Å². The Balaban J connectivity index is 2.70. The maximum Gasteiger partial charge on any atom is 0.337 e. The van der Waals surface area contributed by atoms with E-state index >= 15 is 0 Å². The molecular formula is C12H14O4S. The molecule has 0 heterocycles. The molecule has 0 radical (unpaired) electrons. The normalized spacial score (nSPS) is 11.9. The average molecular weight is 254 g/mol. The predicted octanol–water partition coefficient (Wildman–Crippen LogP) is 1.56. The molecule has 1 unspecified atom stereocenters. The molecule has 0 aliphatic carbocycles. The average Bonchev–Trinajstić information content (AvgIpc) is 2.35. The molecule has 1 aromatic rings. The van der Waals surface area contributed by atoms with Gasteiger partial charge in [-0.3, -0.25) is 9.00 Å². The lowest BCUT2D eigenvalue weighted by atomic mass is 10.2. The molecule has 0 bridgehead atoms. The topological polar surface area (TPSA) is 60.4 Å². The summed E-state index contributed by atoms with van der Waals surface area (Å²) >= 11 is 0. The standard InChI is InChI=1S/C12H14O4S/c1-9(13)7-8-17(15)11-5-3-10(4-6-11)12(14)16-2/h3-6H,7-8H2,1-2H3. The summed E-state index contributed by atoms with van der Waals surface area (Å²) in [4.78, 5) is 22.5. The van der Waals surface area contributed by atoms with Crippen molar-refractivity contribution in [2.45, 2.75) is 18.2 Å². The van der Waals surface area contributed by atoms with E-state index in [0.717, 1.165) is 0 Å². The third kappa shape index (κ3) is 4.11. The van der Waals surface area contributed by atoms with Crippen LogP contribution in [0.1, 0.15) is 23.7 Å². The first kappa shape index (κ1) is 13.6. The monoisotopic (exact) mass is 254 g/mol. The van der Waals surface area contributed by atoms with E-state index in [1.165, 1.54) is 14.0 Å². The second kappa shape index (κ2) is 6.30. The first-order valence-electron chi connectivity index (χ1n) is 5.11. The van der Waals surface area contributed by atoms with Crippen molar-refractivity contribution in [3.8, 4) is 0 Å². The third-order valence-electron chi connectivity index (χ3n) is 2.18. The van der Waals surface area contributed by atoms with Crippen molar-refractivity contribution < 1.29 is 18.5 Å². The summed E-state index contributed by atoms with van der Waals surface area (Å²) in [7, 11) is 0.106. The number of ketones is 1. The van der Waals surface area contributed by atoms with Gasteiger partial charge in [-0.05, 0) is 31.2 Å². The van der Waals surface area contributed by atoms with Crippen LogP contribution in [0, 0.1) is 0 Å². The lowest BCUT2D eigenvalue weighted by Gasteiger charge is -2.02. The molecule has 0 saturated carbocycles. The molecule has 1 atom stereocenters. The van der Waals surface area contributed by atoms with Gasteiger partial charge in [-0.1, -0.05) is 0 Å². The van der Waals surface area contributed by atoms with Crippen molar-refractivity contribution in [3.05, 3.63) is 29.8 Å². The number of hydrogen-bond acceptors (Lipinski definition) is 4. The summed E-state index contributed by atoms with van der Waals surface area (Å²) in [6.45, 7) is 1.47. The number of carbonyl (C=O) groups is 2. The van der Waals surface area contributed by atoms with Crippen molar-refractivity contribution in [3.63, 3.8) is 0 Å². The van der Waals surface area contributed by atoms with E-state index in [9.17, 15) is 13.8 Å². The van der Waals surface area contributed by atoms with Crippen molar-refractivity contribution >= 4 is 22.6 Å². The van der Waals surface area contributed by atoms with Gasteiger partial charge in [0, 0.05) is 17.1 Å². The number of carbonyl (C=O) groups excluding carboxylic acids is 2. The van der Waals surface area contributed by atoms with E-state index in [4.69, 9.17) is 0 Å². The van der Waals surface area contributed by atoms with Crippen molar-refractivity contribution in [1.82, 2.24) is 0 Å². The fourth-order valence-electron chi connectivity index (χ4n) is 1.21. The molecule has 0 fully saturated rings. The highest BCUT2D eigenvalue weighted by Gasteiger charge is 2.08. The van der Waals surface area contributed by atoms with Crippen LogP contribution in [-0.4, -0.2) is 28.8 Å². The quantitative estimate of drug-likeness (QED) is 0.748. The van der Waals surface area contributed by atoms with Gasteiger partial charge in [0.25, 0.3) is 0 Å². The number of rotatable bonds is 5. The van der Waals surface area contributed by atoms with Crippen LogP contribution in [0.4, 0.5) is 0 Å². The Labute approximate surface area is 102 Å². The molecule has 0 amide bonds. The van der Waals surface area contributed by atoms with Crippen LogP contribution >= 0.6 is 0 Å². The van der Waals surface area contributed by atoms with E-state index in [-0.39, 0.29) is 5.78 Å². The molecule has 5 heteroatoms. The zero-order valence-corrected chi connectivity index (χ0v) is 10.6. The number of benzene rings is 1. The summed E-state index contributed by atoms with van der Waals surface area (Å²) < 4.78 is 16.3. The van der Waals surface area contributed by atoms with Crippen molar-refractivity contribution in [1.29, 1.82) is 0 Å². The number of hydrogen-bond donors (Lipinski definition) is 0. The molecule has 1 rings (SSSR count). The van der Waals surface area contributed by atoms with E-state index < -0.39 is 16.8 Å².